The van der Waals surface area contributed by atoms with E-state index in [4.69, 9.17) is 10.8 Å². The molecule has 0 bridgehead atoms. The second kappa shape index (κ2) is 7.83. The molecule has 2 nitrogen and oxygen atoms in total. The van der Waals surface area contributed by atoms with Crippen LogP contribution in [-0.2, 0) is 19.3 Å². The minimum Gasteiger partial charge on any atom is -0.396 e. The van der Waals surface area contributed by atoms with Crippen LogP contribution in [0.2, 0.25) is 0 Å². The quantitative estimate of drug-likeness (QED) is 0.812. The number of aliphatic hydroxyl groups is 1. The highest BCUT2D eigenvalue weighted by Gasteiger charge is 2.08. The van der Waals surface area contributed by atoms with Crippen molar-refractivity contribution in [2.75, 3.05) is 6.61 Å². The molecule has 0 saturated carbocycles. The lowest BCUT2D eigenvalue weighted by molar-refractivity contribution is 0.299. The Kier molecular flexibility index (Phi) is 5.78. The molecule has 0 fully saturated rings. The molecule has 2 rings (SSSR count). The molecule has 0 aromatic heterocycles. The normalized spacial score (nSPS) is 12.3. The van der Waals surface area contributed by atoms with Crippen LogP contribution in [-0.4, -0.2) is 17.8 Å². The van der Waals surface area contributed by atoms with Crippen molar-refractivity contribution in [2.45, 2.75) is 31.7 Å². The van der Waals surface area contributed by atoms with Gasteiger partial charge in [-0.05, 0) is 42.4 Å². The van der Waals surface area contributed by atoms with Crippen LogP contribution in [0.1, 0.15) is 23.1 Å². The van der Waals surface area contributed by atoms with Gasteiger partial charge in [0.25, 0.3) is 0 Å². The Balaban J connectivity index is 1.89. The van der Waals surface area contributed by atoms with Gasteiger partial charge in [0.05, 0.1) is 0 Å². The first-order valence-electron chi connectivity index (χ1n) is 7.26. The van der Waals surface area contributed by atoms with Crippen molar-refractivity contribution in [1.82, 2.24) is 0 Å². The Bertz CT molecular complexity index is 510. The van der Waals surface area contributed by atoms with Crippen LogP contribution >= 0.6 is 0 Å². The van der Waals surface area contributed by atoms with Crippen LogP contribution in [0.5, 0.6) is 0 Å². The van der Waals surface area contributed by atoms with Crippen molar-refractivity contribution in [3.05, 3.63) is 71.3 Å². The van der Waals surface area contributed by atoms with E-state index in [-0.39, 0.29) is 12.6 Å². The standard InChI is InChI=1S/C18H23NO/c19-18(11-10-15-6-2-1-3-7-15)14-17-9-5-4-8-16(17)12-13-20/h1-9,18,20H,10-14,19H2/t18-/m0/s1. The van der Waals surface area contributed by atoms with Crippen LogP contribution in [0.15, 0.2) is 54.6 Å². The SMILES string of the molecule is N[C@@H](CCc1ccccc1)Cc1ccccc1CCO. The smallest absolute Gasteiger partial charge is 0.0471 e. The molecular weight excluding hydrogens is 246 g/mol. The number of hydrogen-bond donors (Lipinski definition) is 2. The topological polar surface area (TPSA) is 46.2 Å². The first kappa shape index (κ1) is 14.8. The van der Waals surface area contributed by atoms with Crippen molar-refractivity contribution < 1.29 is 5.11 Å². The molecule has 0 unspecified atom stereocenters. The minimum atomic E-state index is 0.162. The Morgan fingerprint density at radius 1 is 0.850 bits per heavy atom. The van der Waals surface area contributed by atoms with Gasteiger partial charge in [0.15, 0.2) is 0 Å². The molecule has 0 amide bonds. The zero-order chi connectivity index (χ0) is 14.2. The predicted octanol–water partition coefficient (Wildman–Crippen LogP) is 2.72. The highest BCUT2D eigenvalue weighted by Crippen LogP contribution is 2.13. The molecule has 2 heteroatoms. The van der Waals surface area contributed by atoms with Crippen LogP contribution in [0, 0.1) is 0 Å². The van der Waals surface area contributed by atoms with Crippen molar-refractivity contribution in [3.8, 4) is 0 Å². The number of aliphatic hydroxyl groups excluding tert-OH is 1. The van der Waals surface area contributed by atoms with Gasteiger partial charge in [0.1, 0.15) is 0 Å². The molecule has 2 aromatic rings. The first-order valence-corrected chi connectivity index (χ1v) is 7.26. The molecule has 0 aliphatic carbocycles. The molecule has 2 aromatic carbocycles. The summed E-state index contributed by atoms with van der Waals surface area (Å²) in [6.07, 6.45) is 3.59. The second-order valence-corrected chi connectivity index (χ2v) is 5.23. The molecular formula is C18H23NO. The summed E-state index contributed by atoms with van der Waals surface area (Å²) in [5, 5.41) is 9.10. The lowest BCUT2D eigenvalue weighted by Gasteiger charge is -2.14. The van der Waals surface area contributed by atoms with E-state index in [1.54, 1.807) is 0 Å². The molecule has 106 valence electrons. The summed E-state index contributed by atoms with van der Waals surface area (Å²) in [6, 6.07) is 18.9. The zero-order valence-electron chi connectivity index (χ0n) is 11.8. The minimum absolute atomic E-state index is 0.162. The molecule has 0 radical (unpaired) electrons. The largest absolute Gasteiger partial charge is 0.396 e. The molecule has 1 atom stereocenters. The van der Waals surface area contributed by atoms with Gasteiger partial charge >= 0.3 is 0 Å². The summed E-state index contributed by atoms with van der Waals surface area (Å²) in [5.74, 6) is 0. The van der Waals surface area contributed by atoms with E-state index in [0.717, 1.165) is 19.3 Å². The van der Waals surface area contributed by atoms with Gasteiger partial charge in [-0.3, -0.25) is 0 Å². The van der Waals surface area contributed by atoms with E-state index in [9.17, 15) is 0 Å². The van der Waals surface area contributed by atoms with E-state index in [1.807, 2.05) is 18.2 Å². The molecule has 3 N–H and O–H groups in total. The Hall–Kier alpha value is -1.64. The lowest BCUT2D eigenvalue weighted by atomic mass is 9.95. The maximum Gasteiger partial charge on any atom is 0.0471 e. The van der Waals surface area contributed by atoms with Crippen molar-refractivity contribution >= 4 is 0 Å². The molecule has 0 heterocycles. The van der Waals surface area contributed by atoms with Crippen LogP contribution < -0.4 is 5.73 Å². The van der Waals surface area contributed by atoms with Crippen molar-refractivity contribution in [2.24, 2.45) is 5.73 Å². The third-order valence-corrected chi connectivity index (χ3v) is 3.63. The fourth-order valence-electron chi connectivity index (χ4n) is 2.50. The average molecular weight is 269 g/mol. The van der Waals surface area contributed by atoms with E-state index >= 15 is 0 Å². The van der Waals surface area contributed by atoms with Crippen LogP contribution in [0.4, 0.5) is 0 Å². The highest BCUT2D eigenvalue weighted by molar-refractivity contribution is 5.28. The van der Waals surface area contributed by atoms with Gasteiger partial charge in [-0.15, -0.1) is 0 Å². The van der Waals surface area contributed by atoms with Gasteiger partial charge < -0.3 is 10.8 Å². The van der Waals surface area contributed by atoms with E-state index in [1.165, 1.54) is 16.7 Å². The summed E-state index contributed by atoms with van der Waals surface area (Å²) >= 11 is 0. The number of aryl methyl sites for hydroxylation is 1. The van der Waals surface area contributed by atoms with Crippen molar-refractivity contribution in [3.63, 3.8) is 0 Å². The summed E-state index contributed by atoms with van der Waals surface area (Å²) in [4.78, 5) is 0. The maximum atomic E-state index is 9.10. The molecule has 20 heavy (non-hydrogen) atoms. The maximum absolute atomic E-state index is 9.10. The van der Waals surface area contributed by atoms with Gasteiger partial charge in [0.2, 0.25) is 0 Å². The summed E-state index contributed by atoms with van der Waals surface area (Å²) < 4.78 is 0. The van der Waals surface area contributed by atoms with Crippen LogP contribution in [0.3, 0.4) is 0 Å². The van der Waals surface area contributed by atoms with Gasteiger partial charge in [-0.1, -0.05) is 54.6 Å². The number of hydrogen-bond acceptors (Lipinski definition) is 2. The first-order chi connectivity index (χ1) is 9.79. The fraction of sp³-hybridized carbons (Fsp3) is 0.333. The third-order valence-electron chi connectivity index (χ3n) is 3.63. The molecule has 0 spiro atoms. The number of rotatable bonds is 7. The third kappa shape index (κ3) is 4.48. The fourth-order valence-corrected chi connectivity index (χ4v) is 2.50. The zero-order valence-corrected chi connectivity index (χ0v) is 11.8. The highest BCUT2D eigenvalue weighted by atomic mass is 16.2. The molecule has 0 aliphatic rings. The monoisotopic (exact) mass is 269 g/mol. The number of nitrogens with two attached hydrogens (primary N) is 1. The summed E-state index contributed by atoms with van der Waals surface area (Å²) in [6.45, 7) is 0.191. The molecule has 0 aliphatic heterocycles. The van der Waals surface area contributed by atoms with Gasteiger partial charge in [-0.2, -0.15) is 0 Å². The number of benzene rings is 2. The Morgan fingerprint density at radius 2 is 1.50 bits per heavy atom. The predicted molar refractivity (Wildman–Crippen MR) is 83.7 cm³/mol. The Labute approximate surface area is 121 Å². The van der Waals surface area contributed by atoms with E-state index in [2.05, 4.69) is 36.4 Å². The average Bonchev–Trinajstić information content (AvgIpc) is 2.49. The van der Waals surface area contributed by atoms with Crippen LogP contribution in [0.25, 0.3) is 0 Å². The van der Waals surface area contributed by atoms with Gasteiger partial charge in [0, 0.05) is 12.6 Å². The molecule has 0 saturated heterocycles. The Morgan fingerprint density at radius 3 is 2.20 bits per heavy atom. The van der Waals surface area contributed by atoms with E-state index in [0.29, 0.717) is 6.42 Å². The summed E-state index contributed by atoms with van der Waals surface area (Å²) in [7, 11) is 0. The lowest BCUT2D eigenvalue weighted by Crippen LogP contribution is -2.24. The summed E-state index contributed by atoms with van der Waals surface area (Å²) in [5.41, 5.74) is 10.1. The van der Waals surface area contributed by atoms with E-state index < -0.39 is 0 Å². The van der Waals surface area contributed by atoms with Crippen molar-refractivity contribution in [1.29, 1.82) is 0 Å². The van der Waals surface area contributed by atoms with Gasteiger partial charge in [-0.25, -0.2) is 0 Å². The second-order valence-electron chi connectivity index (χ2n) is 5.23.